The fourth-order valence-electron chi connectivity index (χ4n) is 3.32. The molecule has 0 N–H and O–H groups in total. The van der Waals surface area contributed by atoms with Gasteiger partial charge >= 0.3 is 0 Å². The van der Waals surface area contributed by atoms with Gasteiger partial charge in [0.15, 0.2) is 5.78 Å². The Bertz CT molecular complexity index is 964. The lowest BCUT2D eigenvalue weighted by Gasteiger charge is -2.11. The molecule has 1 aliphatic carbocycles. The molecule has 0 saturated carbocycles. The number of hydrogen-bond donors (Lipinski definition) is 0. The third kappa shape index (κ3) is 3.35. The van der Waals surface area contributed by atoms with Crippen molar-refractivity contribution in [1.82, 2.24) is 9.97 Å². The maximum Gasteiger partial charge on any atom is 0.173 e. The minimum atomic E-state index is 0.103. The molecule has 4 nitrogen and oxygen atoms in total. The van der Waals surface area contributed by atoms with Crippen molar-refractivity contribution in [3.8, 4) is 5.75 Å². The number of methoxy groups -OCH3 is 1. The van der Waals surface area contributed by atoms with Gasteiger partial charge < -0.3 is 4.74 Å². The van der Waals surface area contributed by atoms with Crippen molar-refractivity contribution in [1.29, 1.82) is 0 Å². The number of carbonyl (C=O) groups is 1. The van der Waals surface area contributed by atoms with Gasteiger partial charge in [0.2, 0.25) is 0 Å². The zero-order valence-electron chi connectivity index (χ0n) is 14.9. The Morgan fingerprint density at radius 1 is 1.19 bits per heavy atom. The van der Waals surface area contributed by atoms with E-state index >= 15 is 0 Å². The average Bonchev–Trinajstić information content (AvgIpc) is 3.04. The Labute approximate surface area is 161 Å². The second-order valence-electron chi connectivity index (χ2n) is 6.41. The summed E-state index contributed by atoms with van der Waals surface area (Å²) in [7, 11) is 1.62. The topological polar surface area (TPSA) is 52.1 Å². The zero-order valence-corrected chi connectivity index (χ0v) is 16.5. The number of Topliss-reactive ketones (excluding diaryl/α,β-unsaturated/α-hetero) is 1. The minimum absolute atomic E-state index is 0.103. The van der Waals surface area contributed by atoms with Gasteiger partial charge in [-0.2, -0.15) is 0 Å². The SMILES string of the molecule is COc1ccc(C(=O)CSc2nc(C)nc3sc4c(c23)CCCC4)cc1. The van der Waals surface area contributed by atoms with Crippen LogP contribution in [0.5, 0.6) is 5.75 Å². The molecular weight excluding hydrogens is 364 g/mol. The van der Waals surface area contributed by atoms with Gasteiger partial charge in [-0.15, -0.1) is 11.3 Å². The number of thioether (sulfide) groups is 1. The normalized spacial score (nSPS) is 13.6. The number of aryl methyl sites for hydroxylation is 3. The van der Waals surface area contributed by atoms with Crippen LogP contribution < -0.4 is 4.74 Å². The summed E-state index contributed by atoms with van der Waals surface area (Å²) in [6.07, 6.45) is 4.72. The van der Waals surface area contributed by atoms with Crippen LogP contribution in [-0.2, 0) is 12.8 Å². The molecule has 3 aromatic rings. The fraction of sp³-hybridized carbons (Fsp3) is 0.350. The average molecular weight is 385 g/mol. The van der Waals surface area contributed by atoms with Crippen molar-refractivity contribution in [2.45, 2.75) is 37.6 Å². The smallest absolute Gasteiger partial charge is 0.173 e. The van der Waals surface area contributed by atoms with E-state index in [-0.39, 0.29) is 5.78 Å². The number of fused-ring (bicyclic) bond motifs is 3. The highest BCUT2D eigenvalue weighted by Crippen LogP contribution is 2.39. The van der Waals surface area contributed by atoms with Gasteiger partial charge in [-0.05, 0) is 62.4 Å². The number of benzene rings is 1. The number of ketones is 1. The number of rotatable bonds is 5. The molecule has 1 aromatic carbocycles. The lowest BCUT2D eigenvalue weighted by atomic mass is 9.97. The van der Waals surface area contributed by atoms with E-state index in [1.165, 1.54) is 40.4 Å². The number of ether oxygens (including phenoxy) is 1. The predicted molar refractivity (Wildman–Crippen MR) is 107 cm³/mol. The quantitative estimate of drug-likeness (QED) is 0.357. The molecule has 0 fully saturated rings. The van der Waals surface area contributed by atoms with Crippen molar-refractivity contribution >= 4 is 39.1 Å². The van der Waals surface area contributed by atoms with E-state index in [2.05, 4.69) is 9.97 Å². The molecule has 4 rings (SSSR count). The molecule has 0 unspecified atom stereocenters. The van der Waals surface area contributed by atoms with E-state index in [1.54, 1.807) is 18.4 Å². The lowest BCUT2D eigenvalue weighted by Crippen LogP contribution is -2.04. The summed E-state index contributed by atoms with van der Waals surface area (Å²) in [6.45, 7) is 1.92. The van der Waals surface area contributed by atoms with Gasteiger partial charge in [-0.1, -0.05) is 11.8 Å². The third-order valence-electron chi connectivity index (χ3n) is 4.65. The summed E-state index contributed by atoms with van der Waals surface area (Å²) in [5.74, 6) is 2.01. The summed E-state index contributed by atoms with van der Waals surface area (Å²) in [5.41, 5.74) is 2.11. The Kier molecular flexibility index (Phi) is 4.96. The highest BCUT2D eigenvalue weighted by Gasteiger charge is 2.21. The number of hydrogen-bond acceptors (Lipinski definition) is 6. The fourth-order valence-corrected chi connectivity index (χ4v) is 5.69. The molecule has 0 saturated heterocycles. The summed E-state index contributed by atoms with van der Waals surface area (Å²) in [4.78, 5) is 24.4. The second-order valence-corrected chi connectivity index (χ2v) is 8.46. The summed E-state index contributed by atoms with van der Waals surface area (Å²) >= 11 is 3.33. The van der Waals surface area contributed by atoms with Crippen LogP contribution >= 0.6 is 23.1 Å². The van der Waals surface area contributed by atoms with Crippen molar-refractivity contribution in [3.05, 3.63) is 46.1 Å². The maximum atomic E-state index is 12.6. The Hall–Kier alpha value is -1.92. The molecule has 0 spiro atoms. The van der Waals surface area contributed by atoms with Gasteiger partial charge in [0.1, 0.15) is 21.4 Å². The molecule has 2 heterocycles. The van der Waals surface area contributed by atoms with Gasteiger partial charge in [0, 0.05) is 15.8 Å². The van der Waals surface area contributed by atoms with Gasteiger partial charge in [-0.3, -0.25) is 4.79 Å². The zero-order chi connectivity index (χ0) is 18.1. The summed E-state index contributed by atoms with van der Waals surface area (Å²) in [6, 6.07) is 7.27. The van der Waals surface area contributed by atoms with E-state index in [0.29, 0.717) is 11.3 Å². The van der Waals surface area contributed by atoms with Crippen molar-refractivity contribution in [2.75, 3.05) is 12.9 Å². The van der Waals surface area contributed by atoms with E-state index in [0.717, 1.165) is 34.3 Å². The molecule has 0 aliphatic heterocycles. The van der Waals surface area contributed by atoms with Crippen LogP contribution in [0.1, 0.15) is 39.5 Å². The first-order valence-electron chi connectivity index (χ1n) is 8.74. The van der Waals surface area contributed by atoms with E-state index in [4.69, 9.17) is 4.74 Å². The molecule has 134 valence electrons. The van der Waals surface area contributed by atoms with Crippen molar-refractivity contribution in [2.24, 2.45) is 0 Å². The molecule has 0 bridgehead atoms. The molecule has 0 radical (unpaired) electrons. The van der Waals surface area contributed by atoms with Gasteiger partial charge in [0.05, 0.1) is 12.9 Å². The number of thiophene rings is 1. The first kappa shape index (κ1) is 17.5. The van der Waals surface area contributed by atoms with E-state index in [1.807, 2.05) is 31.2 Å². The van der Waals surface area contributed by atoms with Crippen LogP contribution in [0.25, 0.3) is 10.2 Å². The number of carbonyl (C=O) groups excluding carboxylic acids is 1. The molecule has 1 aliphatic rings. The third-order valence-corrected chi connectivity index (χ3v) is 6.81. The standard InChI is InChI=1S/C20H20N2O2S2/c1-12-21-19(18-15-5-3-4-6-17(15)26-20(18)22-12)25-11-16(23)13-7-9-14(24-2)10-8-13/h7-10H,3-6,11H2,1-2H3. The molecular formula is C20H20N2O2S2. The molecule has 26 heavy (non-hydrogen) atoms. The highest BCUT2D eigenvalue weighted by molar-refractivity contribution is 8.00. The summed E-state index contributed by atoms with van der Waals surface area (Å²) in [5, 5.41) is 2.14. The van der Waals surface area contributed by atoms with Gasteiger partial charge in [-0.25, -0.2) is 9.97 Å². The molecule has 2 aromatic heterocycles. The lowest BCUT2D eigenvalue weighted by molar-refractivity contribution is 0.102. The summed E-state index contributed by atoms with van der Waals surface area (Å²) < 4.78 is 5.15. The van der Waals surface area contributed by atoms with Crippen LogP contribution in [-0.4, -0.2) is 28.6 Å². The van der Waals surface area contributed by atoms with Crippen LogP contribution in [0, 0.1) is 6.92 Å². The second kappa shape index (κ2) is 7.37. The minimum Gasteiger partial charge on any atom is -0.497 e. The molecule has 0 amide bonds. The van der Waals surface area contributed by atoms with Crippen LogP contribution in [0.2, 0.25) is 0 Å². The van der Waals surface area contributed by atoms with Gasteiger partial charge in [0.25, 0.3) is 0 Å². The molecule has 6 heteroatoms. The van der Waals surface area contributed by atoms with Crippen LogP contribution in [0.4, 0.5) is 0 Å². The van der Waals surface area contributed by atoms with Crippen LogP contribution in [0.15, 0.2) is 29.3 Å². The van der Waals surface area contributed by atoms with E-state index in [9.17, 15) is 4.79 Å². The largest absolute Gasteiger partial charge is 0.497 e. The van der Waals surface area contributed by atoms with Crippen molar-refractivity contribution < 1.29 is 9.53 Å². The first-order chi connectivity index (χ1) is 12.7. The number of aromatic nitrogens is 2. The first-order valence-corrected chi connectivity index (χ1v) is 10.5. The Morgan fingerprint density at radius 2 is 1.96 bits per heavy atom. The van der Waals surface area contributed by atoms with Crippen molar-refractivity contribution in [3.63, 3.8) is 0 Å². The Morgan fingerprint density at radius 3 is 2.73 bits per heavy atom. The monoisotopic (exact) mass is 384 g/mol. The van der Waals surface area contributed by atoms with E-state index < -0.39 is 0 Å². The number of nitrogens with zero attached hydrogens (tertiary/aromatic N) is 2. The maximum absolute atomic E-state index is 12.6. The predicted octanol–water partition coefficient (Wildman–Crippen LogP) is 4.86. The molecule has 0 atom stereocenters. The Balaban J connectivity index is 1.60. The van der Waals surface area contributed by atoms with Crippen LogP contribution in [0.3, 0.4) is 0 Å². The highest BCUT2D eigenvalue weighted by atomic mass is 32.2.